The average Bonchev–Trinajstić information content (AvgIpc) is 2.89. The van der Waals surface area contributed by atoms with Gasteiger partial charge in [-0.25, -0.2) is 4.79 Å². The number of fused-ring (bicyclic) bond motifs is 1. The Labute approximate surface area is 202 Å². The standard InChI is InChI=1S/C27H27N3O5/c1-29-25-24(26(32)30(2)27(29)33)22(23-18(28-25)10-7-11-19(23)31)17-12-13-20(21(14-17)34-3)35-15-16-8-5-4-6-9-16/h4-6,8-9,12-14,22,28H,7,10-11,15H2,1-3H3/t22-/m1/s1. The van der Waals surface area contributed by atoms with E-state index in [1.54, 1.807) is 20.2 Å². The van der Waals surface area contributed by atoms with Crippen molar-refractivity contribution in [3.8, 4) is 11.5 Å². The minimum absolute atomic E-state index is 0.00803. The summed E-state index contributed by atoms with van der Waals surface area (Å²) in [4.78, 5) is 39.1. The van der Waals surface area contributed by atoms with Crippen LogP contribution in [0.1, 0.15) is 41.9 Å². The minimum atomic E-state index is -0.614. The Morgan fingerprint density at radius 3 is 2.49 bits per heavy atom. The number of benzene rings is 2. The number of carbonyl (C=O) groups is 1. The number of carbonyl (C=O) groups excluding carboxylic acids is 1. The maximum absolute atomic E-state index is 13.4. The van der Waals surface area contributed by atoms with Crippen molar-refractivity contribution in [1.29, 1.82) is 0 Å². The highest BCUT2D eigenvalue weighted by Gasteiger charge is 2.39. The van der Waals surface area contributed by atoms with E-state index in [9.17, 15) is 14.4 Å². The molecular formula is C27H27N3O5. The number of nitrogens with zero attached hydrogens (tertiary/aromatic N) is 2. The number of ether oxygens (including phenoxy) is 2. The van der Waals surface area contributed by atoms with Crippen molar-refractivity contribution < 1.29 is 14.3 Å². The van der Waals surface area contributed by atoms with E-state index in [4.69, 9.17) is 9.47 Å². The molecule has 1 aliphatic carbocycles. The fourth-order valence-electron chi connectivity index (χ4n) is 4.95. The molecule has 3 aromatic rings. The molecule has 1 aliphatic heterocycles. The van der Waals surface area contributed by atoms with Gasteiger partial charge in [-0.1, -0.05) is 36.4 Å². The van der Waals surface area contributed by atoms with Gasteiger partial charge in [0.1, 0.15) is 12.4 Å². The van der Waals surface area contributed by atoms with Gasteiger partial charge in [0.25, 0.3) is 5.56 Å². The quantitative estimate of drug-likeness (QED) is 0.612. The Kier molecular flexibility index (Phi) is 5.80. The summed E-state index contributed by atoms with van der Waals surface area (Å²) < 4.78 is 14.2. The molecule has 8 heteroatoms. The first-order valence-electron chi connectivity index (χ1n) is 11.6. The van der Waals surface area contributed by atoms with E-state index in [2.05, 4.69) is 5.32 Å². The summed E-state index contributed by atoms with van der Waals surface area (Å²) in [5, 5.41) is 3.24. The van der Waals surface area contributed by atoms with E-state index in [1.165, 1.54) is 11.6 Å². The Bertz CT molecular complexity index is 1470. The Hall–Kier alpha value is -4.07. The van der Waals surface area contributed by atoms with Gasteiger partial charge in [0.05, 0.1) is 12.7 Å². The van der Waals surface area contributed by atoms with Crippen molar-refractivity contribution >= 4 is 11.6 Å². The summed E-state index contributed by atoms with van der Waals surface area (Å²) in [6, 6.07) is 15.3. The summed E-state index contributed by atoms with van der Waals surface area (Å²) in [5.74, 6) is 0.891. The predicted octanol–water partition coefficient (Wildman–Crippen LogP) is 3.24. The van der Waals surface area contributed by atoms with E-state index in [1.807, 2.05) is 42.5 Å². The number of hydrogen-bond acceptors (Lipinski definition) is 6. The number of ketones is 1. The van der Waals surface area contributed by atoms with Crippen LogP contribution in [0.15, 0.2) is 69.4 Å². The molecule has 0 radical (unpaired) electrons. The van der Waals surface area contributed by atoms with Gasteiger partial charge in [-0.15, -0.1) is 0 Å². The summed E-state index contributed by atoms with van der Waals surface area (Å²) >= 11 is 0. The lowest BCUT2D eigenvalue weighted by Gasteiger charge is -2.34. The van der Waals surface area contributed by atoms with Crippen LogP contribution in [0.4, 0.5) is 5.82 Å². The fourth-order valence-corrected chi connectivity index (χ4v) is 4.95. The highest BCUT2D eigenvalue weighted by atomic mass is 16.5. The summed E-state index contributed by atoms with van der Waals surface area (Å²) in [5.41, 5.74) is 2.64. The zero-order valence-electron chi connectivity index (χ0n) is 20.0. The molecule has 8 nitrogen and oxygen atoms in total. The monoisotopic (exact) mass is 473 g/mol. The van der Waals surface area contributed by atoms with E-state index in [0.29, 0.717) is 47.9 Å². The van der Waals surface area contributed by atoms with Gasteiger partial charge in [-0.2, -0.15) is 0 Å². The molecule has 0 saturated carbocycles. The van der Waals surface area contributed by atoms with E-state index < -0.39 is 17.2 Å². The number of nitrogens with one attached hydrogen (secondary N) is 1. The number of rotatable bonds is 5. The molecule has 2 heterocycles. The van der Waals surface area contributed by atoms with Crippen molar-refractivity contribution in [2.24, 2.45) is 14.1 Å². The van der Waals surface area contributed by atoms with Crippen molar-refractivity contribution in [3.05, 3.63) is 97.3 Å². The van der Waals surface area contributed by atoms with E-state index >= 15 is 0 Å². The van der Waals surface area contributed by atoms with Crippen molar-refractivity contribution in [3.63, 3.8) is 0 Å². The molecule has 1 N–H and O–H groups in total. The molecule has 2 aromatic carbocycles. The minimum Gasteiger partial charge on any atom is -0.493 e. The first-order valence-corrected chi connectivity index (χ1v) is 11.6. The highest BCUT2D eigenvalue weighted by Crippen LogP contribution is 2.45. The molecular weight excluding hydrogens is 446 g/mol. The second-order valence-electron chi connectivity index (χ2n) is 8.88. The number of Topliss-reactive ketones (excluding diaryl/α,β-unsaturated/α-hetero) is 1. The maximum atomic E-state index is 13.4. The third-order valence-corrected chi connectivity index (χ3v) is 6.76. The van der Waals surface area contributed by atoms with Crippen molar-refractivity contribution in [2.75, 3.05) is 12.4 Å². The van der Waals surface area contributed by atoms with Crippen LogP contribution in [-0.4, -0.2) is 22.0 Å². The smallest absolute Gasteiger partial charge is 0.332 e. The molecule has 0 unspecified atom stereocenters. The normalized spacial score (nSPS) is 16.9. The third kappa shape index (κ3) is 3.84. The molecule has 180 valence electrons. The topological polar surface area (TPSA) is 91.6 Å². The Morgan fingerprint density at radius 1 is 0.971 bits per heavy atom. The zero-order valence-corrected chi connectivity index (χ0v) is 20.0. The molecule has 35 heavy (non-hydrogen) atoms. The van der Waals surface area contributed by atoms with Crippen LogP contribution in [0.5, 0.6) is 11.5 Å². The average molecular weight is 474 g/mol. The number of hydrogen-bond donors (Lipinski definition) is 1. The summed E-state index contributed by atoms with van der Waals surface area (Å²) in [6.07, 6.45) is 1.82. The summed E-state index contributed by atoms with van der Waals surface area (Å²) in [6.45, 7) is 0.378. The molecule has 0 bridgehead atoms. The van der Waals surface area contributed by atoms with Crippen LogP contribution < -0.4 is 26.0 Å². The van der Waals surface area contributed by atoms with Crippen LogP contribution >= 0.6 is 0 Å². The van der Waals surface area contributed by atoms with Gasteiger partial charge in [0, 0.05) is 37.7 Å². The van der Waals surface area contributed by atoms with Crippen molar-refractivity contribution in [2.45, 2.75) is 31.8 Å². The second-order valence-corrected chi connectivity index (χ2v) is 8.88. The lowest BCUT2D eigenvalue weighted by atomic mass is 9.76. The maximum Gasteiger partial charge on any atom is 0.332 e. The molecule has 5 rings (SSSR count). The first-order chi connectivity index (χ1) is 16.9. The van der Waals surface area contributed by atoms with Crippen LogP contribution in [0.25, 0.3) is 0 Å². The van der Waals surface area contributed by atoms with Crippen molar-refractivity contribution in [1.82, 2.24) is 9.13 Å². The third-order valence-electron chi connectivity index (χ3n) is 6.76. The lowest BCUT2D eigenvalue weighted by Crippen LogP contribution is -2.44. The Balaban J connectivity index is 1.64. The van der Waals surface area contributed by atoms with Gasteiger partial charge in [0.15, 0.2) is 17.3 Å². The number of allylic oxidation sites excluding steroid dienone is 2. The largest absolute Gasteiger partial charge is 0.493 e. The predicted molar refractivity (Wildman–Crippen MR) is 132 cm³/mol. The number of methoxy groups -OCH3 is 1. The molecule has 1 atom stereocenters. The van der Waals surface area contributed by atoms with Gasteiger partial charge in [0.2, 0.25) is 0 Å². The van der Waals surface area contributed by atoms with E-state index in [0.717, 1.165) is 27.8 Å². The van der Waals surface area contributed by atoms with Gasteiger partial charge < -0.3 is 14.8 Å². The highest BCUT2D eigenvalue weighted by molar-refractivity contribution is 6.01. The second kappa shape index (κ2) is 8.94. The zero-order chi connectivity index (χ0) is 24.7. The van der Waals surface area contributed by atoms with Crippen LogP contribution in [0.3, 0.4) is 0 Å². The summed E-state index contributed by atoms with van der Waals surface area (Å²) in [7, 11) is 4.64. The van der Waals surface area contributed by atoms with E-state index in [-0.39, 0.29) is 5.78 Å². The molecule has 1 aromatic heterocycles. The van der Waals surface area contributed by atoms with Crippen LogP contribution in [0, 0.1) is 0 Å². The fraction of sp³-hybridized carbons (Fsp3) is 0.296. The van der Waals surface area contributed by atoms with Gasteiger partial charge >= 0.3 is 5.69 Å². The molecule has 0 spiro atoms. The molecule has 2 aliphatic rings. The lowest BCUT2D eigenvalue weighted by molar-refractivity contribution is -0.116. The molecule has 0 saturated heterocycles. The van der Waals surface area contributed by atoms with Gasteiger partial charge in [-0.05, 0) is 36.1 Å². The Morgan fingerprint density at radius 2 is 1.74 bits per heavy atom. The van der Waals surface area contributed by atoms with Crippen LogP contribution in [0.2, 0.25) is 0 Å². The van der Waals surface area contributed by atoms with Gasteiger partial charge in [-0.3, -0.25) is 18.7 Å². The number of anilines is 1. The molecule has 0 amide bonds. The number of aromatic nitrogens is 2. The molecule has 0 fully saturated rings. The van der Waals surface area contributed by atoms with Crippen LogP contribution in [-0.2, 0) is 25.5 Å². The first kappa shape index (κ1) is 22.7. The SMILES string of the molecule is COc1cc([C@@H]2C3=C(CCCC3=O)Nc3c2c(=O)n(C)c(=O)n3C)ccc1OCc1ccccc1.